The highest BCUT2D eigenvalue weighted by atomic mass is 17.1. The second kappa shape index (κ2) is 7.85. The highest BCUT2D eigenvalue weighted by molar-refractivity contribution is 5.98. The minimum Gasteiger partial charge on any atom is -0.550 e. The highest BCUT2D eigenvalue weighted by Crippen LogP contribution is 2.08. The molecule has 1 unspecified atom stereocenters. The summed E-state index contributed by atoms with van der Waals surface area (Å²) in [6, 6.07) is 9.00. The van der Waals surface area contributed by atoms with Gasteiger partial charge >= 0.3 is 0 Å². The van der Waals surface area contributed by atoms with Gasteiger partial charge in [-0.25, -0.2) is 0 Å². The Kier molecular flexibility index (Phi) is 6.12. The predicted molar refractivity (Wildman–Crippen MR) is 75.5 cm³/mol. The first-order chi connectivity index (χ1) is 9.53. The maximum absolute atomic E-state index is 11.5. The Morgan fingerprint density at radius 3 is 2.65 bits per heavy atom. The molecular weight excluding hydrogens is 258 g/mol. The van der Waals surface area contributed by atoms with Crippen LogP contribution in [0.4, 0.5) is 0 Å². The van der Waals surface area contributed by atoms with Crippen LogP contribution in [0, 0.1) is 5.21 Å². The van der Waals surface area contributed by atoms with E-state index in [1.165, 1.54) is 24.3 Å². The van der Waals surface area contributed by atoms with Gasteiger partial charge in [-0.05, 0) is 28.8 Å². The van der Waals surface area contributed by atoms with Gasteiger partial charge in [-0.15, -0.1) is 0 Å². The van der Waals surface area contributed by atoms with Crippen LogP contribution in [-0.4, -0.2) is 16.0 Å². The number of carbonyl (C=O) groups is 1. The van der Waals surface area contributed by atoms with Gasteiger partial charge in [-0.3, -0.25) is 9.63 Å². The summed E-state index contributed by atoms with van der Waals surface area (Å²) in [5, 5.41) is 20.8. The van der Waals surface area contributed by atoms with E-state index >= 15 is 0 Å². The molecule has 0 aromatic heterocycles. The van der Waals surface area contributed by atoms with Crippen molar-refractivity contribution < 1.29 is 19.8 Å². The molecule has 0 aliphatic heterocycles. The van der Waals surface area contributed by atoms with Gasteiger partial charge in [0.05, 0.1) is 0 Å². The number of allylic oxidation sites excluding steroid dienone is 4. The Bertz CT molecular complexity index is 530. The molecule has 20 heavy (non-hydrogen) atoms. The summed E-state index contributed by atoms with van der Waals surface area (Å²) in [6.45, 7) is 3.29. The fourth-order valence-corrected chi connectivity index (χ4v) is 1.17. The zero-order valence-corrected chi connectivity index (χ0v) is 10.8. The van der Waals surface area contributed by atoms with Crippen molar-refractivity contribution in [3.05, 3.63) is 84.4 Å². The lowest BCUT2D eigenvalue weighted by Gasteiger charge is -2.23. The maximum atomic E-state index is 11.5. The summed E-state index contributed by atoms with van der Waals surface area (Å²) in [5.41, 5.74) is 0.754. The van der Waals surface area contributed by atoms with Gasteiger partial charge in [0.15, 0.2) is 18.2 Å². The molecule has 1 aromatic carbocycles. The first kappa shape index (κ1) is 15.6. The first-order valence-corrected chi connectivity index (χ1v) is 5.78. The van der Waals surface area contributed by atoms with Crippen molar-refractivity contribution in [3.8, 4) is 0 Å². The van der Waals surface area contributed by atoms with Crippen molar-refractivity contribution in [2.45, 2.75) is 0 Å². The van der Waals surface area contributed by atoms with Gasteiger partial charge in [0.2, 0.25) is 0 Å². The van der Waals surface area contributed by atoms with Crippen molar-refractivity contribution in [1.29, 1.82) is 0 Å². The molecular formula is C15H15NO4. The van der Waals surface area contributed by atoms with Crippen LogP contribution in [0.15, 0.2) is 73.7 Å². The summed E-state index contributed by atoms with van der Waals surface area (Å²) in [7, 11) is 0. The molecule has 0 fully saturated rings. The Hall–Kier alpha value is -2.47. The summed E-state index contributed by atoms with van der Waals surface area (Å²) in [5.74, 6) is -0.273. The van der Waals surface area contributed by atoms with Crippen molar-refractivity contribution in [3.63, 3.8) is 0 Å². The number of benzene rings is 1. The molecule has 0 spiro atoms. The number of nitrogens with zero attached hydrogens (tertiary/aromatic N) is 1. The van der Waals surface area contributed by atoms with E-state index in [-0.39, 0.29) is 5.78 Å². The van der Waals surface area contributed by atoms with E-state index < -0.39 is 4.97 Å². The molecule has 1 aromatic rings. The van der Waals surface area contributed by atoms with Crippen LogP contribution in [0.5, 0.6) is 0 Å². The van der Waals surface area contributed by atoms with Crippen molar-refractivity contribution in [2.24, 2.45) is 0 Å². The number of hydrogen-bond donors (Lipinski definition) is 1. The largest absolute Gasteiger partial charge is 0.550 e. The zero-order chi connectivity index (χ0) is 14.8. The van der Waals surface area contributed by atoms with Gasteiger partial charge in [-0.1, -0.05) is 43.0 Å². The molecule has 1 rings (SSSR count). The van der Waals surface area contributed by atoms with E-state index in [4.69, 9.17) is 0 Å². The van der Waals surface area contributed by atoms with Gasteiger partial charge in [0.1, 0.15) is 0 Å². The van der Waals surface area contributed by atoms with Gasteiger partial charge in [-0.2, -0.15) is 5.21 Å². The summed E-state index contributed by atoms with van der Waals surface area (Å²) < 4.78 is 0. The quantitative estimate of drug-likeness (QED) is 0.272. The second-order valence-corrected chi connectivity index (χ2v) is 3.69. The van der Waals surface area contributed by atoms with Gasteiger partial charge < -0.3 is 5.21 Å². The molecule has 0 aliphatic rings. The van der Waals surface area contributed by atoms with E-state index in [2.05, 4.69) is 11.4 Å². The van der Waals surface area contributed by atoms with E-state index in [1.54, 1.807) is 24.3 Å². The third kappa shape index (κ3) is 6.46. The van der Waals surface area contributed by atoms with E-state index in [1.807, 2.05) is 6.07 Å². The van der Waals surface area contributed by atoms with Crippen LogP contribution in [0.25, 0.3) is 6.08 Å². The molecule has 0 bridgehead atoms. The topological polar surface area (TPSA) is 69.6 Å². The summed E-state index contributed by atoms with van der Waals surface area (Å²) in [4.78, 5) is 13.4. The minimum absolute atomic E-state index is 0.273. The van der Waals surface area contributed by atoms with Crippen molar-refractivity contribution in [2.75, 3.05) is 0 Å². The molecule has 0 amide bonds. The molecule has 5 heteroatoms. The van der Waals surface area contributed by atoms with Crippen LogP contribution in [0.2, 0.25) is 0 Å². The molecule has 0 saturated heterocycles. The SMILES string of the molecule is C=CC(=O)C=CC=CO[N+]([O-])(O)C=Cc1ccccc1. The van der Waals surface area contributed by atoms with Crippen molar-refractivity contribution in [1.82, 2.24) is 0 Å². The third-order valence-electron chi connectivity index (χ3n) is 2.12. The molecule has 0 heterocycles. The van der Waals surface area contributed by atoms with Crippen molar-refractivity contribution >= 4 is 11.9 Å². The fraction of sp³-hybridized carbons (Fsp3) is 0. The molecule has 0 saturated carbocycles. The summed E-state index contributed by atoms with van der Waals surface area (Å²) in [6.07, 6.45) is 8.40. The molecule has 104 valence electrons. The first-order valence-electron chi connectivity index (χ1n) is 5.78. The van der Waals surface area contributed by atoms with Crippen LogP contribution in [0.3, 0.4) is 0 Å². The van der Waals surface area contributed by atoms with Crippen LogP contribution in [0.1, 0.15) is 5.56 Å². The van der Waals surface area contributed by atoms with E-state index in [0.29, 0.717) is 0 Å². The fourth-order valence-electron chi connectivity index (χ4n) is 1.17. The lowest BCUT2D eigenvalue weighted by Crippen LogP contribution is -2.29. The van der Waals surface area contributed by atoms with Gasteiger partial charge in [0, 0.05) is 6.08 Å². The average Bonchev–Trinajstić information content (AvgIpc) is 2.45. The molecule has 1 atom stereocenters. The predicted octanol–water partition coefficient (Wildman–Crippen LogP) is 3.12. The molecule has 0 radical (unpaired) electrons. The number of quaternary nitrogens is 1. The average molecular weight is 273 g/mol. The highest BCUT2D eigenvalue weighted by Gasteiger charge is 2.08. The second-order valence-electron chi connectivity index (χ2n) is 3.69. The monoisotopic (exact) mass is 273 g/mol. The van der Waals surface area contributed by atoms with E-state index in [9.17, 15) is 15.2 Å². The molecule has 5 nitrogen and oxygen atoms in total. The number of carbonyl (C=O) groups excluding carboxylic acids is 1. The summed E-state index contributed by atoms with van der Waals surface area (Å²) >= 11 is 0. The van der Waals surface area contributed by atoms with E-state index in [0.717, 1.165) is 24.1 Å². The zero-order valence-electron chi connectivity index (χ0n) is 10.8. The lowest BCUT2D eigenvalue weighted by atomic mass is 10.2. The Morgan fingerprint density at radius 1 is 1.30 bits per heavy atom. The smallest absolute Gasteiger partial charge is 0.178 e. The molecule has 1 N–H and O–H groups in total. The Labute approximate surface area is 117 Å². The van der Waals surface area contributed by atoms with Gasteiger partial charge in [0.25, 0.3) is 0 Å². The number of rotatable bonds is 7. The number of ketones is 1. The molecule has 0 aliphatic carbocycles. The number of hydroxylamine groups is 3. The minimum atomic E-state index is -2.01. The van der Waals surface area contributed by atoms with Crippen LogP contribution >= 0.6 is 0 Å². The Morgan fingerprint density at radius 2 is 2.00 bits per heavy atom. The lowest BCUT2D eigenvalue weighted by molar-refractivity contribution is -1.17. The van der Waals surface area contributed by atoms with Crippen LogP contribution in [-0.2, 0) is 9.63 Å². The number of hydrogen-bond acceptors (Lipinski definition) is 4. The van der Waals surface area contributed by atoms with Crippen LogP contribution < -0.4 is 0 Å². The normalized spacial score (nSPS) is 14.7. The maximum Gasteiger partial charge on any atom is 0.178 e. The Balaban J connectivity index is 2.51. The standard InChI is InChI=1S/C15H15NO4/c1-2-15(17)10-6-7-13-20-16(18,19)12-11-14-8-4-3-5-9-14/h2-13,18H,1H2. The third-order valence-corrected chi connectivity index (χ3v) is 2.12.